The van der Waals surface area contributed by atoms with Gasteiger partial charge in [-0.25, -0.2) is 0 Å². The van der Waals surface area contributed by atoms with Crippen molar-refractivity contribution in [2.45, 2.75) is 32.2 Å². The van der Waals surface area contributed by atoms with Crippen LogP contribution in [-0.2, 0) is 14.4 Å². The molecule has 0 aromatic heterocycles. The molecule has 0 aromatic rings. The van der Waals surface area contributed by atoms with Gasteiger partial charge in [-0.15, -0.1) is 11.8 Å². The minimum atomic E-state index is -0.370. The normalized spacial score (nSPS) is 27.7. The van der Waals surface area contributed by atoms with E-state index in [1.165, 1.54) is 12.8 Å². The molecule has 0 spiro atoms. The highest BCUT2D eigenvalue weighted by molar-refractivity contribution is 7.99. The molecule has 1 saturated carbocycles. The predicted octanol–water partition coefficient (Wildman–Crippen LogP) is 0.625. The zero-order valence-electron chi connectivity index (χ0n) is 13.9. The summed E-state index contributed by atoms with van der Waals surface area (Å²) in [5.41, 5.74) is 0. The zero-order chi connectivity index (χ0) is 16.6. The molecule has 0 aromatic carbocycles. The Morgan fingerprint density at radius 1 is 1.35 bits per heavy atom. The number of likely N-dealkylation sites (tertiary alicyclic amines) is 1. The number of carbonyl (C=O) groups is 3. The van der Waals surface area contributed by atoms with Gasteiger partial charge in [0, 0.05) is 38.9 Å². The van der Waals surface area contributed by atoms with E-state index in [4.69, 9.17) is 0 Å². The van der Waals surface area contributed by atoms with Crippen molar-refractivity contribution < 1.29 is 14.4 Å². The van der Waals surface area contributed by atoms with Crippen molar-refractivity contribution in [3.05, 3.63) is 0 Å². The Balaban J connectivity index is 1.62. The van der Waals surface area contributed by atoms with Crippen LogP contribution in [0.2, 0.25) is 0 Å². The van der Waals surface area contributed by atoms with Crippen LogP contribution in [0.4, 0.5) is 0 Å². The molecule has 2 saturated heterocycles. The first-order valence-corrected chi connectivity index (χ1v) is 9.57. The van der Waals surface area contributed by atoms with Crippen molar-refractivity contribution in [2.75, 3.05) is 38.3 Å². The summed E-state index contributed by atoms with van der Waals surface area (Å²) in [6.45, 7) is 3.90. The number of thioether (sulfide) groups is 1. The molecule has 0 unspecified atom stereocenters. The van der Waals surface area contributed by atoms with Crippen LogP contribution in [0.3, 0.4) is 0 Å². The van der Waals surface area contributed by atoms with E-state index in [0.29, 0.717) is 37.1 Å². The molecule has 0 N–H and O–H groups in total. The largest absolute Gasteiger partial charge is 0.344 e. The van der Waals surface area contributed by atoms with Gasteiger partial charge in [-0.3, -0.25) is 14.4 Å². The van der Waals surface area contributed by atoms with Crippen LogP contribution < -0.4 is 0 Å². The third-order valence-corrected chi connectivity index (χ3v) is 6.05. The van der Waals surface area contributed by atoms with Crippen molar-refractivity contribution in [1.82, 2.24) is 14.7 Å². The molecule has 7 heteroatoms. The molecule has 0 bridgehead atoms. The van der Waals surface area contributed by atoms with E-state index in [0.717, 1.165) is 6.54 Å². The number of nitrogens with zero attached hydrogens (tertiary/aromatic N) is 3. The molecular weight excluding hydrogens is 314 g/mol. The van der Waals surface area contributed by atoms with Crippen molar-refractivity contribution >= 4 is 29.5 Å². The van der Waals surface area contributed by atoms with Crippen molar-refractivity contribution in [1.29, 1.82) is 0 Å². The Morgan fingerprint density at radius 3 is 2.74 bits per heavy atom. The van der Waals surface area contributed by atoms with Crippen LogP contribution in [0.1, 0.15) is 26.2 Å². The minimum absolute atomic E-state index is 0.00464. The number of likely N-dealkylation sites (N-methyl/N-ethyl adjacent to an activating group) is 1. The van der Waals surface area contributed by atoms with E-state index in [2.05, 4.69) is 0 Å². The van der Waals surface area contributed by atoms with E-state index >= 15 is 0 Å². The Morgan fingerprint density at radius 2 is 2.09 bits per heavy atom. The maximum atomic E-state index is 12.8. The van der Waals surface area contributed by atoms with Gasteiger partial charge in [-0.05, 0) is 25.7 Å². The first kappa shape index (κ1) is 16.6. The topological polar surface area (TPSA) is 60.9 Å². The maximum Gasteiger partial charge on any atom is 0.245 e. The Hall–Kier alpha value is -1.24. The van der Waals surface area contributed by atoms with Gasteiger partial charge in [-0.2, -0.15) is 0 Å². The molecule has 0 radical (unpaired) electrons. The van der Waals surface area contributed by atoms with Crippen molar-refractivity contribution in [3.63, 3.8) is 0 Å². The number of hydrogen-bond donors (Lipinski definition) is 0. The SMILES string of the molecule is CCN(C)C(=O)[C@H]1CSCN1C(=O)[C@H]1CC(=O)N(CC2CC2)C1. The second kappa shape index (κ2) is 6.71. The van der Waals surface area contributed by atoms with Gasteiger partial charge >= 0.3 is 0 Å². The molecule has 3 fully saturated rings. The first-order chi connectivity index (χ1) is 11.0. The number of carbonyl (C=O) groups excluding carboxylic acids is 3. The lowest BCUT2D eigenvalue weighted by Crippen LogP contribution is -2.49. The molecule has 1 aliphatic carbocycles. The third-order valence-electron chi connectivity index (χ3n) is 5.04. The van der Waals surface area contributed by atoms with E-state index in [9.17, 15) is 14.4 Å². The van der Waals surface area contributed by atoms with Crippen molar-refractivity contribution in [2.24, 2.45) is 11.8 Å². The second-order valence-electron chi connectivity index (χ2n) is 6.82. The Bertz CT molecular complexity index is 509. The lowest BCUT2D eigenvalue weighted by molar-refractivity contribution is -0.144. The second-order valence-corrected chi connectivity index (χ2v) is 7.82. The van der Waals surface area contributed by atoms with Gasteiger partial charge in [0.2, 0.25) is 17.7 Å². The fourth-order valence-corrected chi connectivity index (χ4v) is 4.39. The average molecular weight is 339 g/mol. The smallest absolute Gasteiger partial charge is 0.245 e. The Kier molecular flexibility index (Phi) is 4.85. The van der Waals surface area contributed by atoms with Crippen molar-refractivity contribution in [3.8, 4) is 0 Å². The van der Waals surface area contributed by atoms with E-state index in [1.54, 1.807) is 28.6 Å². The standard InChI is InChI=1S/C16H25N3O3S/c1-3-17(2)16(22)13-9-23-10-19(13)15(21)12-6-14(20)18(8-12)7-11-4-5-11/h11-13H,3-10H2,1-2H3/t12-,13+/m0/s1. The lowest BCUT2D eigenvalue weighted by Gasteiger charge is -2.28. The maximum absolute atomic E-state index is 12.8. The van der Waals surface area contributed by atoms with Crippen LogP contribution in [-0.4, -0.2) is 76.8 Å². The summed E-state index contributed by atoms with van der Waals surface area (Å²) in [6, 6.07) is -0.370. The summed E-state index contributed by atoms with van der Waals surface area (Å²) in [5.74, 6) is 1.65. The van der Waals surface area contributed by atoms with E-state index < -0.39 is 0 Å². The highest BCUT2D eigenvalue weighted by atomic mass is 32.2. The monoisotopic (exact) mass is 339 g/mol. The number of rotatable bonds is 5. The van der Waals surface area contributed by atoms with Gasteiger partial charge in [0.25, 0.3) is 0 Å². The highest BCUT2D eigenvalue weighted by Crippen LogP contribution is 2.33. The van der Waals surface area contributed by atoms with Gasteiger partial charge in [0.15, 0.2) is 0 Å². The molecule has 23 heavy (non-hydrogen) atoms. The van der Waals surface area contributed by atoms with Crippen LogP contribution >= 0.6 is 11.8 Å². The number of hydrogen-bond acceptors (Lipinski definition) is 4. The zero-order valence-corrected chi connectivity index (χ0v) is 14.7. The molecule has 3 amide bonds. The van der Waals surface area contributed by atoms with Crippen LogP contribution in [0.15, 0.2) is 0 Å². The predicted molar refractivity (Wildman–Crippen MR) is 88.7 cm³/mol. The Labute approximate surface area is 141 Å². The van der Waals surface area contributed by atoms with Crippen LogP contribution in [0.5, 0.6) is 0 Å². The van der Waals surface area contributed by atoms with Gasteiger partial charge in [-0.1, -0.05) is 0 Å². The van der Waals surface area contributed by atoms with Gasteiger partial charge in [0.1, 0.15) is 6.04 Å². The summed E-state index contributed by atoms with van der Waals surface area (Å²) in [7, 11) is 1.77. The van der Waals surface area contributed by atoms with Gasteiger partial charge in [0.05, 0.1) is 11.8 Å². The fourth-order valence-electron chi connectivity index (χ4n) is 3.24. The molecule has 3 aliphatic rings. The molecule has 2 heterocycles. The molecular formula is C16H25N3O3S. The van der Waals surface area contributed by atoms with Crippen LogP contribution in [0.25, 0.3) is 0 Å². The van der Waals surface area contributed by atoms with Gasteiger partial charge < -0.3 is 14.7 Å². The molecule has 128 valence electrons. The molecule has 3 rings (SSSR count). The highest BCUT2D eigenvalue weighted by Gasteiger charge is 2.43. The fraction of sp³-hybridized carbons (Fsp3) is 0.812. The van der Waals surface area contributed by atoms with Crippen LogP contribution in [0, 0.1) is 11.8 Å². The molecule has 2 aliphatic heterocycles. The summed E-state index contributed by atoms with van der Waals surface area (Å²) in [6.07, 6.45) is 2.70. The van der Waals surface area contributed by atoms with E-state index in [1.807, 2.05) is 11.8 Å². The first-order valence-electron chi connectivity index (χ1n) is 8.42. The lowest BCUT2D eigenvalue weighted by atomic mass is 10.1. The summed E-state index contributed by atoms with van der Waals surface area (Å²) in [5, 5.41) is 0. The minimum Gasteiger partial charge on any atom is -0.344 e. The van der Waals surface area contributed by atoms with E-state index in [-0.39, 0.29) is 29.7 Å². The molecule has 2 atom stereocenters. The molecule has 6 nitrogen and oxygen atoms in total. The summed E-state index contributed by atoms with van der Waals surface area (Å²) < 4.78 is 0. The third kappa shape index (κ3) is 3.49. The summed E-state index contributed by atoms with van der Waals surface area (Å²) in [4.78, 5) is 42.6. The summed E-state index contributed by atoms with van der Waals surface area (Å²) >= 11 is 1.61. The average Bonchev–Trinajstić information content (AvgIpc) is 3.09. The number of amides is 3. The quantitative estimate of drug-likeness (QED) is 0.737.